The van der Waals surface area contributed by atoms with Crippen molar-refractivity contribution in [1.82, 2.24) is 15.1 Å². The van der Waals surface area contributed by atoms with Crippen molar-refractivity contribution in [3.05, 3.63) is 108 Å². The number of amides is 3. The molecule has 1 saturated heterocycles. The lowest BCUT2D eigenvalue weighted by Gasteiger charge is -2.29. The average Bonchev–Trinajstić information content (AvgIpc) is 3.36. The van der Waals surface area contributed by atoms with Gasteiger partial charge in [-0.1, -0.05) is 97.9 Å². The number of ether oxygens (including phenoxy) is 2. The maximum absolute atomic E-state index is 14.1. The number of imide groups is 1. The number of carbonyl (C=O) groups excluding carboxylic acids is 4. The molecule has 0 unspecified atom stereocenters. The number of hydrogen-bond donors (Lipinski definition) is 1. The molecule has 9 heteroatoms. The van der Waals surface area contributed by atoms with E-state index in [1.165, 1.54) is 4.90 Å². The lowest BCUT2D eigenvalue weighted by molar-refractivity contribution is -0.162. The molecule has 1 N–H and O–H groups in total. The summed E-state index contributed by atoms with van der Waals surface area (Å²) in [5.74, 6) is -1.74. The van der Waals surface area contributed by atoms with Gasteiger partial charge in [-0.2, -0.15) is 0 Å². The van der Waals surface area contributed by atoms with Crippen LogP contribution in [-0.2, 0) is 43.4 Å². The van der Waals surface area contributed by atoms with Gasteiger partial charge in [-0.3, -0.25) is 14.9 Å². The Hall–Kier alpha value is -4.50. The molecule has 0 spiro atoms. The van der Waals surface area contributed by atoms with Crippen LogP contribution in [0.2, 0.25) is 0 Å². The lowest BCUT2D eigenvalue weighted by atomic mass is 10.0. The number of hydrogen-bond acceptors (Lipinski definition) is 7. The van der Waals surface area contributed by atoms with E-state index >= 15 is 0 Å². The van der Waals surface area contributed by atoms with Crippen LogP contribution in [0.1, 0.15) is 57.2 Å². The molecule has 3 amide bonds. The topological polar surface area (TPSA) is 105 Å². The van der Waals surface area contributed by atoms with Crippen molar-refractivity contribution in [2.45, 2.75) is 83.8 Å². The van der Waals surface area contributed by atoms with Crippen LogP contribution in [-0.4, -0.2) is 63.9 Å². The number of nitrogens with one attached hydrogen (secondary N) is 1. The highest BCUT2D eigenvalue weighted by Crippen LogP contribution is 2.24. The molecule has 3 aromatic rings. The van der Waals surface area contributed by atoms with Crippen molar-refractivity contribution in [2.75, 3.05) is 6.54 Å². The summed E-state index contributed by atoms with van der Waals surface area (Å²) in [6.07, 6.45) is 1.21. The van der Waals surface area contributed by atoms with Crippen LogP contribution < -0.4 is 5.32 Å². The molecule has 9 nitrogen and oxygen atoms in total. The molecule has 238 valence electrons. The normalized spacial score (nSPS) is 16.3. The molecule has 3 aromatic carbocycles. The third kappa shape index (κ3) is 9.49. The Balaban J connectivity index is 1.55. The van der Waals surface area contributed by atoms with Crippen LogP contribution in [0.4, 0.5) is 4.79 Å². The molecule has 0 saturated carbocycles. The zero-order valence-corrected chi connectivity index (χ0v) is 26.5. The molecule has 1 heterocycles. The van der Waals surface area contributed by atoms with Gasteiger partial charge in [0.2, 0.25) is 5.91 Å². The van der Waals surface area contributed by atoms with Crippen molar-refractivity contribution in [3.63, 3.8) is 0 Å². The highest BCUT2D eigenvalue weighted by Gasteiger charge is 2.48. The van der Waals surface area contributed by atoms with E-state index < -0.39 is 47.6 Å². The third-order valence-electron chi connectivity index (χ3n) is 7.50. The number of benzene rings is 3. The van der Waals surface area contributed by atoms with E-state index in [1.807, 2.05) is 91.0 Å². The first kappa shape index (κ1) is 33.4. The zero-order valence-electron chi connectivity index (χ0n) is 26.5. The maximum Gasteiger partial charge on any atom is 0.331 e. The minimum absolute atomic E-state index is 0.00136. The Morgan fingerprint density at radius 3 is 1.96 bits per heavy atom. The van der Waals surface area contributed by atoms with Crippen LogP contribution in [0.25, 0.3) is 0 Å². The molecule has 0 aliphatic carbocycles. The predicted molar refractivity (Wildman–Crippen MR) is 171 cm³/mol. The maximum atomic E-state index is 14.1. The fourth-order valence-electron chi connectivity index (χ4n) is 5.22. The van der Waals surface area contributed by atoms with Crippen LogP contribution in [0.3, 0.4) is 0 Å². The number of rotatable bonds is 13. The van der Waals surface area contributed by atoms with E-state index in [0.29, 0.717) is 12.8 Å². The van der Waals surface area contributed by atoms with Crippen molar-refractivity contribution >= 4 is 23.9 Å². The smallest absolute Gasteiger partial charge is 0.331 e. The molecular formula is C36H43N3O6. The van der Waals surface area contributed by atoms with E-state index in [2.05, 4.69) is 5.32 Å². The number of nitrogens with zero attached hydrogens (tertiary/aromatic N) is 2. The molecule has 4 rings (SSSR count). The second kappa shape index (κ2) is 15.5. The standard InChI is InChI=1S/C36H43N3O6/c1-5-29(37-30(22-21-26-15-9-6-10-16-26)33(41)44-25-28-19-13-8-14-20-28)32(40)39-31(34(42)45-36(2,3)4)24-38(35(39)43)23-27-17-11-7-12-18-27/h6-20,29-31,37H,5,21-25H2,1-4H3/t29-,30-,31-/m0/s1. The second-order valence-corrected chi connectivity index (χ2v) is 12.2. The van der Waals surface area contributed by atoms with Crippen molar-refractivity contribution in [2.24, 2.45) is 0 Å². The van der Waals surface area contributed by atoms with E-state index in [1.54, 1.807) is 27.7 Å². The fourth-order valence-corrected chi connectivity index (χ4v) is 5.22. The predicted octanol–water partition coefficient (Wildman–Crippen LogP) is 5.27. The number of carbonyl (C=O) groups is 4. The highest BCUT2D eigenvalue weighted by atomic mass is 16.6. The Labute approximate surface area is 265 Å². The van der Waals surface area contributed by atoms with Gasteiger partial charge >= 0.3 is 18.0 Å². The summed E-state index contributed by atoms with van der Waals surface area (Å²) in [5, 5.41) is 3.19. The molecule has 0 bridgehead atoms. The molecule has 1 aliphatic heterocycles. The van der Waals surface area contributed by atoms with Crippen LogP contribution in [0.15, 0.2) is 91.0 Å². The molecule has 1 fully saturated rings. The molecule has 0 aromatic heterocycles. The molecule has 45 heavy (non-hydrogen) atoms. The molecule has 0 radical (unpaired) electrons. The van der Waals surface area contributed by atoms with E-state index in [9.17, 15) is 19.2 Å². The van der Waals surface area contributed by atoms with Gasteiger partial charge in [-0.15, -0.1) is 0 Å². The Morgan fingerprint density at radius 1 is 0.844 bits per heavy atom. The minimum Gasteiger partial charge on any atom is -0.460 e. The monoisotopic (exact) mass is 613 g/mol. The van der Waals surface area contributed by atoms with E-state index in [-0.39, 0.29) is 26.1 Å². The lowest BCUT2D eigenvalue weighted by Crippen LogP contribution is -2.56. The summed E-state index contributed by atoms with van der Waals surface area (Å²) < 4.78 is 11.3. The Kier molecular flexibility index (Phi) is 11.5. The van der Waals surface area contributed by atoms with Crippen molar-refractivity contribution in [3.8, 4) is 0 Å². The fraction of sp³-hybridized carbons (Fsp3) is 0.389. The summed E-state index contributed by atoms with van der Waals surface area (Å²) in [7, 11) is 0. The van der Waals surface area contributed by atoms with E-state index in [0.717, 1.165) is 21.6 Å². The molecular weight excluding hydrogens is 570 g/mol. The van der Waals surface area contributed by atoms with Gasteiger partial charge < -0.3 is 14.4 Å². The Bertz CT molecular complexity index is 1430. The van der Waals surface area contributed by atoms with Crippen molar-refractivity contribution in [1.29, 1.82) is 0 Å². The number of aryl methyl sites for hydroxylation is 1. The molecule has 1 aliphatic rings. The van der Waals surface area contributed by atoms with Gasteiger partial charge in [-0.25, -0.2) is 14.5 Å². The van der Waals surface area contributed by atoms with Gasteiger partial charge in [0.05, 0.1) is 12.6 Å². The van der Waals surface area contributed by atoms with Gasteiger partial charge in [0, 0.05) is 6.54 Å². The highest BCUT2D eigenvalue weighted by molar-refractivity contribution is 6.03. The molecule has 3 atom stereocenters. The van der Waals surface area contributed by atoms with Gasteiger partial charge in [0.1, 0.15) is 18.2 Å². The minimum atomic E-state index is -1.13. The quantitative estimate of drug-likeness (QED) is 0.262. The SMILES string of the molecule is CC[C@H](N[C@@H](CCc1ccccc1)C(=O)OCc1ccccc1)C(=O)N1C(=O)N(Cc2ccccc2)C[C@H]1C(=O)OC(C)(C)C. The summed E-state index contributed by atoms with van der Waals surface area (Å²) in [6, 6.07) is 25.0. The Morgan fingerprint density at radius 2 is 1.40 bits per heavy atom. The summed E-state index contributed by atoms with van der Waals surface area (Å²) >= 11 is 0. The summed E-state index contributed by atoms with van der Waals surface area (Å²) in [5.41, 5.74) is 1.94. The van der Waals surface area contributed by atoms with Crippen LogP contribution >= 0.6 is 0 Å². The second-order valence-electron chi connectivity index (χ2n) is 12.2. The van der Waals surface area contributed by atoms with Crippen molar-refractivity contribution < 1.29 is 28.7 Å². The third-order valence-corrected chi connectivity index (χ3v) is 7.50. The first-order chi connectivity index (χ1) is 21.6. The number of esters is 2. The summed E-state index contributed by atoms with van der Waals surface area (Å²) in [4.78, 5) is 57.1. The van der Waals surface area contributed by atoms with E-state index in [4.69, 9.17) is 9.47 Å². The van der Waals surface area contributed by atoms with Gasteiger partial charge in [0.15, 0.2) is 6.04 Å². The first-order valence-corrected chi connectivity index (χ1v) is 15.4. The first-order valence-electron chi connectivity index (χ1n) is 15.4. The van der Waals surface area contributed by atoms with Crippen LogP contribution in [0, 0.1) is 0 Å². The average molecular weight is 614 g/mol. The zero-order chi connectivity index (χ0) is 32.4. The number of urea groups is 1. The van der Waals surface area contributed by atoms with Gasteiger partial charge in [0.25, 0.3) is 0 Å². The summed E-state index contributed by atoms with van der Waals surface area (Å²) in [6.45, 7) is 7.34. The van der Waals surface area contributed by atoms with Crippen LogP contribution in [0.5, 0.6) is 0 Å². The largest absolute Gasteiger partial charge is 0.460 e. The van der Waals surface area contributed by atoms with Gasteiger partial charge in [-0.05, 0) is 56.7 Å².